The maximum atomic E-state index is 12.5. The number of rotatable bonds is 4. The average Bonchev–Trinajstić information content (AvgIpc) is 3.03. The van der Waals surface area contributed by atoms with Gasteiger partial charge >= 0.3 is 6.03 Å². The molecule has 0 aliphatic carbocycles. The number of carbonyl (C=O) groups excluding carboxylic acids is 3. The molecule has 0 spiro atoms. The highest BCUT2D eigenvalue weighted by atomic mass is 16.5. The van der Waals surface area contributed by atoms with Crippen molar-refractivity contribution in [1.29, 1.82) is 0 Å². The highest BCUT2D eigenvalue weighted by molar-refractivity contribution is 6.23. The summed E-state index contributed by atoms with van der Waals surface area (Å²) in [6, 6.07) is 13.7. The Morgan fingerprint density at radius 2 is 1.52 bits per heavy atom. The molecule has 4 amide bonds. The molecule has 0 radical (unpaired) electrons. The van der Waals surface area contributed by atoms with Crippen molar-refractivity contribution in [3.63, 3.8) is 0 Å². The van der Waals surface area contributed by atoms with Gasteiger partial charge in [0, 0.05) is 17.4 Å². The Hall–Kier alpha value is -4.60. The number of ether oxygens (including phenoxy) is 1. The molecule has 1 aromatic heterocycles. The number of aromatic nitrogens is 1. The minimum atomic E-state index is -0.654. The van der Waals surface area contributed by atoms with Crippen LogP contribution in [0.5, 0.6) is 5.75 Å². The molecule has 0 atom stereocenters. The van der Waals surface area contributed by atoms with Crippen molar-refractivity contribution in [2.24, 2.45) is 0 Å². The third kappa shape index (κ3) is 3.69. The van der Waals surface area contributed by atoms with E-state index in [1.165, 1.54) is 0 Å². The number of pyridine rings is 1. The number of urea groups is 1. The second-order valence-corrected chi connectivity index (χ2v) is 6.63. The molecule has 2 heterocycles. The van der Waals surface area contributed by atoms with Gasteiger partial charge in [0.1, 0.15) is 11.6 Å². The molecule has 0 saturated heterocycles. The summed E-state index contributed by atoms with van der Waals surface area (Å²) in [6.45, 7) is 0. The van der Waals surface area contributed by atoms with Crippen molar-refractivity contribution in [2.75, 3.05) is 23.5 Å². The van der Waals surface area contributed by atoms with Gasteiger partial charge < -0.3 is 21.1 Å². The highest BCUT2D eigenvalue weighted by Crippen LogP contribution is 2.23. The van der Waals surface area contributed by atoms with Crippen LogP contribution in [0, 0.1) is 0 Å². The number of nitrogens with two attached hydrogens (primary N) is 1. The molecule has 10 nitrogen and oxygen atoms in total. The third-order valence-electron chi connectivity index (χ3n) is 4.68. The molecule has 31 heavy (non-hydrogen) atoms. The first-order valence-corrected chi connectivity index (χ1v) is 9.11. The molecule has 1 aliphatic rings. The quantitative estimate of drug-likeness (QED) is 0.476. The number of carbonyl (C=O) groups is 3. The van der Waals surface area contributed by atoms with Gasteiger partial charge in [-0.15, -0.1) is 0 Å². The predicted molar refractivity (Wildman–Crippen MR) is 114 cm³/mol. The summed E-state index contributed by atoms with van der Waals surface area (Å²) in [5, 5.41) is 7.47. The van der Waals surface area contributed by atoms with Gasteiger partial charge in [0.25, 0.3) is 17.4 Å². The Bertz CT molecular complexity index is 1260. The molecule has 5 N–H and O–H groups in total. The van der Waals surface area contributed by atoms with E-state index in [4.69, 9.17) is 10.5 Å². The van der Waals surface area contributed by atoms with Crippen LogP contribution in [0.15, 0.2) is 59.4 Å². The molecule has 0 saturated carbocycles. The number of nitrogens with zero attached hydrogens (tertiary/aromatic N) is 1. The molecular weight excluding hydrogens is 402 g/mol. The van der Waals surface area contributed by atoms with Crippen molar-refractivity contribution in [3.05, 3.63) is 76.1 Å². The molecule has 2 aromatic carbocycles. The molecule has 3 aromatic rings. The summed E-state index contributed by atoms with van der Waals surface area (Å²) in [5.74, 6) is -0.772. The predicted octanol–water partition coefficient (Wildman–Crippen LogP) is 1.96. The number of fused-ring (bicyclic) bond motifs is 1. The van der Waals surface area contributed by atoms with E-state index >= 15 is 0 Å². The smallest absolute Gasteiger partial charge is 0.323 e. The van der Waals surface area contributed by atoms with E-state index in [1.54, 1.807) is 55.6 Å². The van der Waals surface area contributed by atoms with Crippen LogP contribution in [0.25, 0.3) is 5.69 Å². The van der Waals surface area contributed by atoms with Crippen LogP contribution in [0.1, 0.15) is 20.7 Å². The molecule has 0 fully saturated rings. The van der Waals surface area contributed by atoms with E-state index in [1.807, 2.05) is 0 Å². The number of nitrogen functional groups attached to an aromatic ring is 1. The lowest BCUT2D eigenvalue weighted by atomic mass is 10.1. The topological polar surface area (TPSA) is 145 Å². The summed E-state index contributed by atoms with van der Waals surface area (Å²) in [6.07, 6.45) is 0. The maximum absolute atomic E-state index is 12.5. The van der Waals surface area contributed by atoms with Gasteiger partial charge in [-0.25, -0.2) is 4.79 Å². The van der Waals surface area contributed by atoms with Gasteiger partial charge in [-0.3, -0.25) is 24.3 Å². The Morgan fingerprint density at radius 3 is 2.10 bits per heavy atom. The molecule has 0 bridgehead atoms. The minimum absolute atomic E-state index is 0.0364. The average molecular weight is 419 g/mol. The zero-order valence-electron chi connectivity index (χ0n) is 16.3. The Balaban J connectivity index is 1.53. The molecular formula is C21H17N5O5. The van der Waals surface area contributed by atoms with E-state index in [2.05, 4.69) is 16.0 Å². The number of amides is 4. The van der Waals surface area contributed by atoms with Gasteiger partial charge in [-0.2, -0.15) is 0 Å². The fourth-order valence-corrected chi connectivity index (χ4v) is 3.21. The van der Waals surface area contributed by atoms with E-state index in [0.29, 0.717) is 22.8 Å². The van der Waals surface area contributed by atoms with Crippen LogP contribution < -0.4 is 32.0 Å². The number of hydrogen-bond donors (Lipinski definition) is 4. The molecule has 1 aliphatic heterocycles. The van der Waals surface area contributed by atoms with Crippen LogP contribution >= 0.6 is 0 Å². The van der Waals surface area contributed by atoms with Gasteiger partial charge in [0.2, 0.25) is 0 Å². The molecule has 4 rings (SSSR count). The summed E-state index contributed by atoms with van der Waals surface area (Å²) < 4.78 is 6.19. The lowest BCUT2D eigenvalue weighted by molar-refractivity contribution is 0.0880. The summed E-state index contributed by atoms with van der Waals surface area (Å²) >= 11 is 0. The van der Waals surface area contributed by atoms with Crippen LogP contribution in [0.3, 0.4) is 0 Å². The van der Waals surface area contributed by atoms with E-state index in [9.17, 15) is 19.2 Å². The van der Waals surface area contributed by atoms with Crippen molar-refractivity contribution >= 4 is 35.0 Å². The second kappa shape index (κ2) is 7.67. The van der Waals surface area contributed by atoms with Crippen molar-refractivity contribution in [2.45, 2.75) is 0 Å². The Kier molecular flexibility index (Phi) is 4.88. The monoisotopic (exact) mass is 419 g/mol. The molecule has 10 heteroatoms. The minimum Gasteiger partial charge on any atom is -0.497 e. The van der Waals surface area contributed by atoms with Gasteiger partial charge in [0.15, 0.2) is 0 Å². The SMILES string of the molecule is COc1ccc(NC(=O)Nc2ccc(-n3c(N)c4c(cc3=O)C(=O)NC4=O)cc2)cc1. The number of anilines is 3. The Labute approximate surface area is 175 Å². The maximum Gasteiger partial charge on any atom is 0.323 e. The highest BCUT2D eigenvalue weighted by Gasteiger charge is 2.31. The summed E-state index contributed by atoms with van der Waals surface area (Å²) in [5.41, 5.74) is 6.79. The number of imide groups is 1. The largest absolute Gasteiger partial charge is 0.497 e. The van der Waals surface area contributed by atoms with Crippen LogP contribution in [-0.4, -0.2) is 29.5 Å². The lowest BCUT2D eigenvalue weighted by Gasteiger charge is -2.13. The van der Waals surface area contributed by atoms with Crippen molar-refractivity contribution in [1.82, 2.24) is 9.88 Å². The van der Waals surface area contributed by atoms with E-state index in [-0.39, 0.29) is 16.9 Å². The number of hydrogen-bond acceptors (Lipinski definition) is 6. The number of methoxy groups -OCH3 is 1. The standard InChI is InChI=1S/C21H17N5O5/c1-31-14-8-4-12(5-9-14)24-21(30)23-11-2-6-13(7-3-11)26-16(27)10-15-17(18(26)22)20(29)25-19(15)28/h2-10H,22H2,1H3,(H2,23,24,30)(H,25,28,29). The number of benzene rings is 2. The van der Waals surface area contributed by atoms with E-state index in [0.717, 1.165) is 10.6 Å². The van der Waals surface area contributed by atoms with Gasteiger partial charge in [-0.1, -0.05) is 0 Å². The number of nitrogens with one attached hydrogen (secondary N) is 3. The molecule has 0 unspecified atom stereocenters. The first-order chi connectivity index (χ1) is 14.9. The first kappa shape index (κ1) is 19.7. The van der Waals surface area contributed by atoms with Gasteiger partial charge in [0.05, 0.1) is 23.9 Å². The van der Waals surface area contributed by atoms with Crippen LogP contribution in [0.4, 0.5) is 22.0 Å². The fraction of sp³-hybridized carbons (Fsp3) is 0.0476. The summed E-state index contributed by atoms with van der Waals surface area (Å²) in [4.78, 5) is 48.4. The zero-order chi connectivity index (χ0) is 22.1. The first-order valence-electron chi connectivity index (χ1n) is 9.11. The van der Waals surface area contributed by atoms with Crippen molar-refractivity contribution < 1.29 is 19.1 Å². The van der Waals surface area contributed by atoms with Crippen LogP contribution in [-0.2, 0) is 0 Å². The zero-order valence-corrected chi connectivity index (χ0v) is 16.3. The second-order valence-electron chi connectivity index (χ2n) is 6.63. The molecule has 156 valence electrons. The lowest BCUT2D eigenvalue weighted by Crippen LogP contribution is -2.24. The van der Waals surface area contributed by atoms with Gasteiger partial charge in [-0.05, 0) is 48.5 Å². The summed E-state index contributed by atoms with van der Waals surface area (Å²) in [7, 11) is 1.55. The normalized spacial score (nSPS) is 12.2. The van der Waals surface area contributed by atoms with E-state index < -0.39 is 23.4 Å². The van der Waals surface area contributed by atoms with Crippen molar-refractivity contribution in [3.8, 4) is 11.4 Å². The van der Waals surface area contributed by atoms with Crippen LogP contribution in [0.2, 0.25) is 0 Å². The Morgan fingerprint density at radius 1 is 0.935 bits per heavy atom. The fourth-order valence-electron chi connectivity index (χ4n) is 3.21. The third-order valence-corrected chi connectivity index (χ3v) is 4.68.